The van der Waals surface area contributed by atoms with Crippen LogP contribution in [0, 0.1) is 11.8 Å². The lowest BCUT2D eigenvalue weighted by Gasteiger charge is -2.52. The van der Waals surface area contributed by atoms with Gasteiger partial charge in [0.15, 0.2) is 12.6 Å². The molecule has 8 nitrogen and oxygen atoms in total. The highest BCUT2D eigenvalue weighted by molar-refractivity contribution is 8.77. The molecule has 2 heterocycles. The van der Waals surface area contributed by atoms with Crippen LogP contribution in [0.2, 0.25) is 0 Å². The number of ether oxygens (including phenoxy) is 4. The highest BCUT2D eigenvalue weighted by Gasteiger charge is 2.53. The van der Waals surface area contributed by atoms with Crippen molar-refractivity contribution in [3.05, 3.63) is 144 Å². The SMILES string of the molecule is CO[C@H]1O[C@H]2CC[C@@H](c3ccccc3)C[C@H]2[C@@H](SS[C@H]2[C@H]3C[C@@H](c4ccccc4)CC[C@H]3O[C@@H](OC)[C@@H]2NC(=O)c2ccccc2)[C@@H]1NC(=O)c1ccccc1. The molecule has 10 heteroatoms. The van der Waals surface area contributed by atoms with Crippen molar-refractivity contribution in [2.45, 2.75) is 97.7 Å². The molecule has 2 amide bonds. The number of carbonyl (C=O) groups is 2. The maximum atomic E-state index is 13.9. The quantitative estimate of drug-likeness (QED) is 0.146. The highest BCUT2D eigenvalue weighted by atomic mass is 33.1. The highest BCUT2D eigenvalue weighted by Crippen LogP contribution is 2.54. The number of nitrogens with one attached hydrogen (secondary N) is 2. The first-order valence-corrected chi connectivity index (χ1v) is 22.3. The lowest BCUT2D eigenvalue weighted by molar-refractivity contribution is -0.216. The number of methoxy groups -OCH3 is 2. The summed E-state index contributed by atoms with van der Waals surface area (Å²) in [5.74, 6) is 0.755. The van der Waals surface area contributed by atoms with E-state index >= 15 is 0 Å². The second-order valence-electron chi connectivity index (χ2n) is 15.6. The third-order valence-corrected chi connectivity index (χ3v) is 15.9. The van der Waals surface area contributed by atoms with Gasteiger partial charge in [-0.25, -0.2) is 0 Å². The van der Waals surface area contributed by atoms with Gasteiger partial charge in [-0.3, -0.25) is 9.59 Å². The summed E-state index contributed by atoms with van der Waals surface area (Å²) in [6.07, 6.45) is 4.50. The zero-order valence-electron chi connectivity index (χ0n) is 32.0. The van der Waals surface area contributed by atoms with Crippen LogP contribution >= 0.6 is 21.6 Å². The molecule has 12 atom stereocenters. The Labute approximate surface area is 338 Å². The van der Waals surface area contributed by atoms with Crippen molar-refractivity contribution in [2.24, 2.45) is 11.8 Å². The molecule has 2 aliphatic heterocycles. The molecule has 0 aromatic heterocycles. The first-order chi connectivity index (χ1) is 27.5. The normalized spacial score (nSPS) is 32.7. The minimum atomic E-state index is -0.616. The van der Waals surface area contributed by atoms with Crippen molar-refractivity contribution in [1.29, 1.82) is 0 Å². The Morgan fingerprint density at radius 3 is 1.25 bits per heavy atom. The van der Waals surface area contributed by atoms with E-state index < -0.39 is 24.7 Å². The number of rotatable bonds is 11. The third kappa shape index (κ3) is 8.61. The van der Waals surface area contributed by atoms with Crippen LogP contribution in [0.25, 0.3) is 0 Å². The molecule has 0 unspecified atom stereocenters. The summed E-state index contributed by atoms with van der Waals surface area (Å²) in [6.45, 7) is 0. The van der Waals surface area contributed by atoms with Crippen LogP contribution in [0.5, 0.6) is 0 Å². The molecule has 294 valence electrons. The molecule has 0 bridgehead atoms. The Hall–Kier alpha value is -3.64. The fourth-order valence-electron chi connectivity index (χ4n) is 9.54. The molecule has 2 saturated heterocycles. The summed E-state index contributed by atoms with van der Waals surface area (Å²) in [5, 5.41) is 6.67. The Kier molecular flexibility index (Phi) is 12.8. The number of fused-ring (bicyclic) bond motifs is 2. The summed E-state index contributed by atoms with van der Waals surface area (Å²) >= 11 is 0. The van der Waals surface area contributed by atoms with Crippen molar-refractivity contribution >= 4 is 33.4 Å². The van der Waals surface area contributed by atoms with E-state index in [1.54, 1.807) is 14.2 Å². The molecule has 4 aliphatic rings. The van der Waals surface area contributed by atoms with Crippen molar-refractivity contribution in [2.75, 3.05) is 14.2 Å². The Morgan fingerprint density at radius 2 is 0.893 bits per heavy atom. The monoisotopic (exact) mass is 792 g/mol. The summed E-state index contributed by atoms with van der Waals surface area (Å²) in [6, 6.07) is 39.4. The smallest absolute Gasteiger partial charge is 0.251 e. The van der Waals surface area contributed by atoms with Gasteiger partial charge in [0.1, 0.15) is 0 Å². The predicted octanol–water partition coefficient (Wildman–Crippen LogP) is 8.61. The standard InChI is InChI=1S/C46H52N2O6S2/c1-51-45-39(47-43(49)31-19-11-5-12-20-31)41(35-27-33(23-25-37(35)53-45)29-15-7-3-8-16-29)55-56-42-36-28-34(30-17-9-4-10-18-30)24-26-38(36)54-46(52-2)40(42)48-44(50)32-21-13-6-14-22-32/h3-22,33-42,45-46H,23-28H2,1-2H3,(H,47,49)(H,48,50)/t33-,34+,35-,36+,37+,38-,39+,40-,41-,42+,45+,46-. The van der Waals surface area contributed by atoms with Gasteiger partial charge < -0.3 is 29.6 Å². The van der Waals surface area contributed by atoms with Crippen LogP contribution in [0.15, 0.2) is 121 Å². The summed E-state index contributed by atoms with van der Waals surface area (Å²) in [5.41, 5.74) is 3.88. The van der Waals surface area contributed by atoms with Crippen molar-refractivity contribution in [3.63, 3.8) is 0 Å². The maximum absolute atomic E-state index is 13.9. The average Bonchev–Trinajstić information content (AvgIpc) is 3.26. The molecule has 2 saturated carbocycles. The minimum absolute atomic E-state index is 0.0113. The Morgan fingerprint density at radius 1 is 0.536 bits per heavy atom. The molecule has 56 heavy (non-hydrogen) atoms. The molecule has 4 fully saturated rings. The number of hydrogen-bond donors (Lipinski definition) is 2. The van der Waals surface area contributed by atoms with Gasteiger partial charge in [0.2, 0.25) is 0 Å². The molecular formula is C46H52N2O6S2. The molecule has 4 aromatic carbocycles. The molecule has 4 aromatic rings. The van der Waals surface area contributed by atoms with Crippen LogP contribution in [0.1, 0.15) is 82.2 Å². The Balaban J connectivity index is 1.13. The zero-order valence-corrected chi connectivity index (χ0v) is 33.6. The van der Waals surface area contributed by atoms with E-state index in [2.05, 4.69) is 71.3 Å². The largest absolute Gasteiger partial charge is 0.354 e. The van der Waals surface area contributed by atoms with E-state index in [-0.39, 0.29) is 46.4 Å². The molecule has 8 rings (SSSR count). The topological polar surface area (TPSA) is 95.1 Å². The fraction of sp³-hybridized carbons (Fsp3) is 0.435. The molecule has 2 N–H and O–H groups in total. The molecule has 0 radical (unpaired) electrons. The van der Waals surface area contributed by atoms with E-state index in [4.69, 9.17) is 18.9 Å². The number of hydrogen-bond acceptors (Lipinski definition) is 8. The first-order valence-electron chi connectivity index (χ1n) is 20.0. The van der Waals surface area contributed by atoms with Crippen molar-refractivity contribution in [3.8, 4) is 0 Å². The van der Waals surface area contributed by atoms with Crippen molar-refractivity contribution in [1.82, 2.24) is 10.6 Å². The molecular weight excluding hydrogens is 741 g/mol. The second-order valence-corrected chi connectivity index (χ2v) is 18.2. The van der Waals surface area contributed by atoms with Gasteiger partial charge in [-0.05, 0) is 85.8 Å². The fourth-order valence-corrected chi connectivity index (χ4v) is 13.6. The minimum Gasteiger partial charge on any atom is -0.354 e. The number of carbonyl (C=O) groups excluding carboxylic acids is 2. The Bertz CT molecular complexity index is 1740. The molecule has 0 spiro atoms. The lowest BCUT2D eigenvalue weighted by atomic mass is 9.72. The van der Waals surface area contributed by atoms with Gasteiger partial charge in [-0.15, -0.1) is 0 Å². The third-order valence-electron chi connectivity index (χ3n) is 12.4. The number of amides is 2. The van der Waals surface area contributed by atoms with Gasteiger partial charge in [0.25, 0.3) is 11.8 Å². The van der Waals surface area contributed by atoms with E-state index in [0.717, 1.165) is 38.5 Å². The molecule has 2 aliphatic carbocycles. The van der Waals surface area contributed by atoms with Crippen LogP contribution < -0.4 is 10.6 Å². The zero-order chi connectivity index (χ0) is 38.4. The van der Waals surface area contributed by atoms with Crippen LogP contribution in [-0.4, -0.2) is 73.4 Å². The van der Waals surface area contributed by atoms with Gasteiger partial charge >= 0.3 is 0 Å². The van der Waals surface area contributed by atoms with Gasteiger partial charge in [-0.2, -0.15) is 0 Å². The van der Waals surface area contributed by atoms with Crippen LogP contribution in [0.3, 0.4) is 0 Å². The predicted molar refractivity (Wildman–Crippen MR) is 223 cm³/mol. The summed E-state index contributed by atoms with van der Waals surface area (Å²) in [4.78, 5) is 27.8. The average molecular weight is 793 g/mol. The first kappa shape index (κ1) is 39.2. The second kappa shape index (κ2) is 18.3. The maximum Gasteiger partial charge on any atom is 0.251 e. The number of benzene rings is 4. The summed E-state index contributed by atoms with van der Waals surface area (Å²) in [7, 11) is 6.99. The van der Waals surface area contributed by atoms with Gasteiger partial charge in [0, 0.05) is 47.7 Å². The van der Waals surface area contributed by atoms with Crippen molar-refractivity contribution < 1.29 is 28.5 Å². The van der Waals surface area contributed by atoms with Gasteiger partial charge in [0.05, 0.1) is 24.3 Å². The van der Waals surface area contributed by atoms with E-state index in [1.165, 1.54) is 11.1 Å². The van der Waals surface area contributed by atoms with E-state index in [1.807, 2.05) is 82.3 Å². The van der Waals surface area contributed by atoms with E-state index in [9.17, 15) is 9.59 Å². The van der Waals surface area contributed by atoms with E-state index in [0.29, 0.717) is 23.0 Å². The lowest BCUT2D eigenvalue weighted by Crippen LogP contribution is -2.62. The van der Waals surface area contributed by atoms with Crippen LogP contribution in [-0.2, 0) is 18.9 Å². The van der Waals surface area contributed by atoms with Gasteiger partial charge in [-0.1, -0.05) is 119 Å². The summed E-state index contributed by atoms with van der Waals surface area (Å²) < 4.78 is 25.6. The van der Waals surface area contributed by atoms with Crippen LogP contribution in [0.4, 0.5) is 0 Å².